The summed E-state index contributed by atoms with van der Waals surface area (Å²) in [4.78, 5) is 31.7. The van der Waals surface area contributed by atoms with Crippen LogP contribution in [0, 0.1) is 24.5 Å². The van der Waals surface area contributed by atoms with Crippen molar-refractivity contribution in [2.45, 2.75) is 44.2 Å². The second-order valence-corrected chi connectivity index (χ2v) is 10.2. The van der Waals surface area contributed by atoms with E-state index in [0.29, 0.717) is 42.0 Å². The zero-order valence-electron chi connectivity index (χ0n) is 20.2. The number of hydrogen-bond acceptors (Lipinski definition) is 4. The number of benzene rings is 2. The van der Waals surface area contributed by atoms with E-state index in [1.54, 1.807) is 13.0 Å². The van der Waals surface area contributed by atoms with Gasteiger partial charge in [0.05, 0.1) is 22.0 Å². The van der Waals surface area contributed by atoms with Crippen LogP contribution in [0.3, 0.4) is 0 Å². The number of aliphatic hydroxyl groups is 1. The molecule has 1 aliphatic heterocycles. The minimum Gasteiger partial charge on any atom is -0.372 e. The highest BCUT2D eigenvalue weighted by Crippen LogP contribution is 2.47. The van der Waals surface area contributed by atoms with Gasteiger partial charge in [0, 0.05) is 29.9 Å². The van der Waals surface area contributed by atoms with Crippen LogP contribution in [0.25, 0.3) is 0 Å². The number of halogens is 3. The van der Waals surface area contributed by atoms with Gasteiger partial charge >= 0.3 is 0 Å². The molecule has 2 aliphatic rings. The van der Waals surface area contributed by atoms with Gasteiger partial charge in [0.2, 0.25) is 0 Å². The first-order valence-corrected chi connectivity index (χ1v) is 12.6. The average molecular weight is 526 g/mol. The molecule has 5 rings (SSSR count). The second-order valence-electron chi connectivity index (χ2n) is 9.72. The fraction of sp³-hybridized carbons (Fsp3) is 0.321. The Morgan fingerprint density at radius 3 is 2.51 bits per heavy atom. The molecule has 0 spiro atoms. The molecule has 1 atom stereocenters. The molecule has 37 heavy (non-hydrogen) atoms. The lowest BCUT2D eigenvalue weighted by Crippen LogP contribution is -2.45. The molecule has 2 heterocycles. The third kappa shape index (κ3) is 4.49. The van der Waals surface area contributed by atoms with Crippen LogP contribution in [0.5, 0.6) is 0 Å². The first-order chi connectivity index (χ1) is 17.7. The quantitative estimate of drug-likeness (QED) is 0.497. The molecule has 1 aromatic heterocycles. The molecule has 9 heteroatoms. The van der Waals surface area contributed by atoms with Crippen molar-refractivity contribution in [3.8, 4) is 0 Å². The summed E-state index contributed by atoms with van der Waals surface area (Å²) in [7, 11) is 0. The van der Waals surface area contributed by atoms with Gasteiger partial charge in [0.25, 0.3) is 11.8 Å². The van der Waals surface area contributed by atoms with Gasteiger partial charge in [-0.3, -0.25) is 14.6 Å². The number of carbonyl (C=O) groups is 2. The molecule has 0 radical (unpaired) electrons. The normalized spacial score (nSPS) is 23.2. The van der Waals surface area contributed by atoms with E-state index in [1.165, 1.54) is 53.6 Å². The fourth-order valence-corrected chi connectivity index (χ4v) is 5.59. The summed E-state index contributed by atoms with van der Waals surface area (Å²) in [6.07, 6.45) is 4.21. The lowest BCUT2D eigenvalue weighted by molar-refractivity contribution is -0.132. The molecular formula is C28H26ClF2N3O3. The molecule has 1 saturated carbocycles. The van der Waals surface area contributed by atoms with Crippen LogP contribution in [0.15, 0.2) is 54.7 Å². The number of anilines is 1. The summed E-state index contributed by atoms with van der Waals surface area (Å²) < 4.78 is 29.7. The van der Waals surface area contributed by atoms with E-state index in [4.69, 9.17) is 11.6 Å². The molecule has 2 amide bonds. The molecule has 2 aromatic carbocycles. The van der Waals surface area contributed by atoms with Crippen molar-refractivity contribution in [3.05, 3.63) is 93.8 Å². The smallest absolute Gasteiger partial charge is 0.268 e. The summed E-state index contributed by atoms with van der Waals surface area (Å²) in [6, 6.07) is 11.1. The Hall–Kier alpha value is -3.36. The van der Waals surface area contributed by atoms with E-state index >= 15 is 0 Å². The Morgan fingerprint density at radius 2 is 1.78 bits per heavy atom. The molecule has 6 nitrogen and oxygen atoms in total. The van der Waals surface area contributed by atoms with Crippen LogP contribution in [0.2, 0.25) is 5.02 Å². The highest BCUT2D eigenvalue weighted by molar-refractivity contribution is 6.30. The number of rotatable bonds is 5. The second kappa shape index (κ2) is 9.84. The number of aryl methyl sites for hydroxylation is 1. The predicted molar refractivity (Wildman–Crippen MR) is 135 cm³/mol. The Labute approximate surface area is 218 Å². The molecule has 192 valence electrons. The summed E-state index contributed by atoms with van der Waals surface area (Å²) in [5.74, 6) is -2.38. The largest absolute Gasteiger partial charge is 0.372 e. The van der Waals surface area contributed by atoms with Gasteiger partial charge in [-0.25, -0.2) is 8.78 Å². The lowest BCUT2D eigenvalue weighted by Gasteiger charge is -2.32. The highest BCUT2D eigenvalue weighted by Gasteiger charge is 2.53. The molecular weight excluding hydrogens is 500 g/mol. The van der Waals surface area contributed by atoms with E-state index in [2.05, 4.69) is 10.3 Å². The molecule has 1 unspecified atom stereocenters. The number of aromatic nitrogens is 1. The van der Waals surface area contributed by atoms with E-state index in [9.17, 15) is 23.5 Å². The number of fused-ring (bicyclic) bond motifs is 1. The Bertz CT molecular complexity index is 1380. The first-order valence-electron chi connectivity index (χ1n) is 12.2. The third-order valence-electron chi connectivity index (χ3n) is 7.39. The SMILES string of the molecule is Cc1ncc(Cl)cc1C(=O)N[C@H]1CC[C@H](CN2C(=O)C(O)(c3ccccc3F)c3cccc(F)c32)CC1. The zero-order valence-corrected chi connectivity index (χ0v) is 20.9. The number of amides is 2. The number of carbonyl (C=O) groups excluding carboxylic acids is 2. The van der Waals surface area contributed by atoms with Crippen molar-refractivity contribution in [2.75, 3.05) is 11.4 Å². The number of pyridine rings is 1. The summed E-state index contributed by atoms with van der Waals surface area (Å²) in [6.45, 7) is 1.93. The van der Waals surface area contributed by atoms with E-state index < -0.39 is 23.1 Å². The number of hydrogen-bond donors (Lipinski definition) is 2. The summed E-state index contributed by atoms with van der Waals surface area (Å²) >= 11 is 5.99. The third-order valence-corrected chi connectivity index (χ3v) is 7.59. The van der Waals surface area contributed by atoms with Crippen LogP contribution >= 0.6 is 11.6 Å². The monoisotopic (exact) mass is 525 g/mol. The number of nitrogens with zero attached hydrogens (tertiary/aromatic N) is 2. The minimum absolute atomic E-state index is 0.0158. The number of para-hydroxylation sites is 1. The Kier molecular flexibility index (Phi) is 6.72. The van der Waals surface area contributed by atoms with Crippen molar-refractivity contribution >= 4 is 29.1 Å². The minimum atomic E-state index is -2.31. The van der Waals surface area contributed by atoms with Gasteiger partial charge < -0.3 is 15.3 Å². The van der Waals surface area contributed by atoms with Crippen molar-refractivity contribution in [2.24, 2.45) is 5.92 Å². The molecule has 0 bridgehead atoms. The van der Waals surface area contributed by atoms with Gasteiger partial charge in [-0.15, -0.1) is 0 Å². The summed E-state index contributed by atoms with van der Waals surface area (Å²) in [5.41, 5.74) is -1.47. The van der Waals surface area contributed by atoms with E-state index in [1.807, 2.05) is 0 Å². The van der Waals surface area contributed by atoms with E-state index in [0.717, 1.165) is 0 Å². The van der Waals surface area contributed by atoms with Crippen molar-refractivity contribution in [1.82, 2.24) is 10.3 Å². The predicted octanol–water partition coefficient (Wildman–Crippen LogP) is 4.89. The first kappa shape index (κ1) is 25.3. The summed E-state index contributed by atoms with van der Waals surface area (Å²) in [5, 5.41) is 14.9. The van der Waals surface area contributed by atoms with Crippen LogP contribution in [0.4, 0.5) is 14.5 Å². The lowest BCUT2D eigenvalue weighted by atomic mass is 9.85. The topological polar surface area (TPSA) is 82.5 Å². The van der Waals surface area contributed by atoms with Crippen LogP contribution in [0.1, 0.15) is 52.9 Å². The molecule has 3 aromatic rings. The maximum Gasteiger partial charge on any atom is 0.268 e. The van der Waals surface area contributed by atoms with Crippen molar-refractivity contribution < 1.29 is 23.5 Å². The molecule has 2 N–H and O–H groups in total. The maximum absolute atomic E-state index is 15.0. The maximum atomic E-state index is 15.0. The van der Waals surface area contributed by atoms with Gasteiger partial charge in [-0.2, -0.15) is 0 Å². The van der Waals surface area contributed by atoms with Crippen molar-refractivity contribution in [3.63, 3.8) is 0 Å². The van der Waals surface area contributed by atoms with E-state index in [-0.39, 0.29) is 41.2 Å². The molecule has 1 aliphatic carbocycles. The van der Waals surface area contributed by atoms with Crippen LogP contribution in [-0.4, -0.2) is 34.5 Å². The van der Waals surface area contributed by atoms with Gasteiger partial charge in [-0.1, -0.05) is 41.9 Å². The average Bonchev–Trinajstić information content (AvgIpc) is 3.10. The van der Waals surface area contributed by atoms with Crippen LogP contribution in [-0.2, 0) is 10.4 Å². The van der Waals surface area contributed by atoms with Crippen LogP contribution < -0.4 is 10.2 Å². The zero-order chi connectivity index (χ0) is 26.3. The Morgan fingerprint density at radius 1 is 1.11 bits per heavy atom. The van der Waals surface area contributed by atoms with Gasteiger partial charge in [-0.05, 0) is 56.7 Å². The standard InChI is InChI=1S/C28H26ClF2N3O3/c1-16-20(13-18(29)14-32-16)26(35)33-19-11-9-17(10-12-19)15-34-25-22(6-4-8-24(25)31)28(37,27(34)36)21-5-2-3-7-23(21)30/h2-8,13-14,17,19,37H,9-12,15H2,1H3,(H,33,35)/t17-,19-,28?. The Balaban J connectivity index is 1.31. The fourth-order valence-electron chi connectivity index (χ4n) is 5.43. The van der Waals surface area contributed by atoms with Gasteiger partial charge in [0.1, 0.15) is 11.6 Å². The van der Waals surface area contributed by atoms with Gasteiger partial charge in [0.15, 0.2) is 5.60 Å². The number of nitrogens with one attached hydrogen (secondary N) is 1. The highest BCUT2D eigenvalue weighted by atomic mass is 35.5. The molecule has 0 saturated heterocycles. The van der Waals surface area contributed by atoms with Crippen molar-refractivity contribution in [1.29, 1.82) is 0 Å². The molecule has 1 fully saturated rings.